The summed E-state index contributed by atoms with van der Waals surface area (Å²) in [6.45, 7) is 5.34. The predicted octanol–water partition coefficient (Wildman–Crippen LogP) is 1.73. The van der Waals surface area contributed by atoms with Crippen LogP contribution < -0.4 is 15.8 Å². The molecule has 0 spiro atoms. The van der Waals surface area contributed by atoms with Gasteiger partial charge in [-0.25, -0.2) is 0 Å². The number of anilines is 2. The van der Waals surface area contributed by atoms with Crippen LogP contribution >= 0.6 is 11.5 Å². The number of aromatic nitrogens is 1. The van der Waals surface area contributed by atoms with Gasteiger partial charge >= 0.3 is 0 Å². The number of nitrogens with two attached hydrogens (primary N) is 1. The molecule has 1 heterocycles. The summed E-state index contributed by atoms with van der Waals surface area (Å²) in [5.74, 6) is 1.62. The lowest BCUT2D eigenvalue weighted by Crippen LogP contribution is -2.36. The van der Waals surface area contributed by atoms with E-state index in [0.29, 0.717) is 23.5 Å². The molecule has 0 aliphatic carbocycles. The maximum Gasteiger partial charge on any atom is 0.197 e. The molecule has 0 aromatic carbocycles. The number of ether oxygens (including phenoxy) is 1. The summed E-state index contributed by atoms with van der Waals surface area (Å²) in [5.41, 5.74) is 5.73. The van der Waals surface area contributed by atoms with Gasteiger partial charge in [0, 0.05) is 12.6 Å². The quantitative estimate of drug-likeness (QED) is 0.813. The summed E-state index contributed by atoms with van der Waals surface area (Å²) in [5, 5.41) is 4.37. The number of hydrogen-bond donors (Lipinski definition) is 2. The van der Waals surface area contributed by atoms with Crippen LogP contribution in [0.15, 0.2) is 0 Å². The molecule has 1 rings (SSSR count). The Bertz CT molecular complexity index is 351. The molecule has 98 valence electrons. The number of methoxy groups -OCH3 is 1. The Labute approximate surface area is 107 Å². The highest BCUT2D eigenvalue weighted by Gasteiger charge is 2.19. The van der Waals surface area contributed by atoms with Crippen molar-refractivity contribution in [3.05, 3.63) is 0 Å². The molecule has 0 bridgehead atoms. The monoisotopic (exact) mass is 258 g/mol. The number of hydrogen-bond acceptors (Lipinski definition) is 6. The van der Waals surface area contributed by atoms with Crippen LogP contribution in [0.4, 0.5) is 10.8 Å². The standard InChI is InChI=1S/C11H22N4OS/c1-7(2)8(6-15(3)4)13-11-9(16-5)10(12)14-17-11/h7-8,13H,6H2,1-5H3,(H2,12,14). The van der Waals surface area contributed by atoms with Gasteiger partial charge in [0.15, 0.2) is 16.6 Å². The zero-order chi connectivity index (χ0) is 13.0. The SMILES string of the molecule is COc1c(N)nsc1NC(CN(C)C)C(C)C. The first-order chi connectivity index (χ1) is 7.95. The van der Waals surface area contributed by atoms with Crippen LogP contribution in [0.1, 0.15) is 13.8 Å². The summed E-state index contributed by atoms with van der Waals surface area (Å²) in [6, 6.07) is 0.346. The van der Waals surface area contributed by atoms with E-state index in [9.17, 15) is 0 Å². The molecule has 1 aromatic heterocycles. The van der Waals surface area contributed by atoms with Gasteiger partial charge in [0.25, 0.3) is 0 Å². The fourth-order valence-corrected chi connectivity index (χ4v) is 2.32. The molecule has 0 saturated heterocycles. The summed E-state index contributed by atoms with van der Waals surface area (Å²) in [4.78, 5) is 2.16. The minimum absolute atomic E-state index is 0.346. The van der Waals surface area contributed by atoms with Gasteiger partial charge < -0.3 is 20.7 Å². The first-order valence-electron chi connectivity index (χ1n) is 5.66. The third-order valence-corrected chi connectivity index (χ3v) is 3.34. The average molecular weight is 258 g/mol. The van der Waals surface area contributed by atoms with Crippen molar-refractivity contribution in [2.75, 3.05) is 38.8 Å². The zero-order valence-electron chi connectivity index (χ0n) is 11.2. The first kappa shape index (κ1) is 14.1. The summed E-state index contributed by atoms with van der Waals surface area (Å²) in [7, 11) is 5.74. The van der Waals surface area contributed by atoms with E-state index in [-0.39, 0.29) is 0 Å². The topological polar surface area (TPSA) is 63.4 Å². The highest BCUT2D eigenvalue weighted by atomic mass is 32.1. The number of rotatable bonds is 6. The Morgan fingerprint density at radius 2 is 2.12 bits per heavy atom. The first-order valence-corrected chi connectivity index (χ1v) is 6.43. The van der Waals surface area contributed by atoms with E-state index < -0.39 is 0 Å². The fourth-order valence-electron chi connectivity index (χ4n) is 1.57. The summed E-state index contributed by atoms with van der Waals surface area (Å²) >= 11 is 1.34. The van der Waals surface area contributed by atoms with Crippen LogP contribution in [0.2, 0.25) is 0 Å². The smallest absolute Gasteiger partial charge is 0.197 e. The van der Waals surface area contributed by atoms with Crippen LogP contribution in [0.3, 0.4) is 0 Å². The Morgan fingerprint density at radius 1 is 1.47 bits per heavy atom. The predicted molar refractivity (Wildman–Crippen MR) is 73.9 cm³/mol. The largest absolute Gasteiger partial charge is 0.490 e. The maximum atomic E-state index is 5.73. The third-order valence-electron chi connectivity index (χ3n) is 2.56. The van der Waals surface area contributed by atoms with Crippen LogP contribution in [-0.4, -0.2) is 43.1 Å². The molecular formula is C11H22N4OS. The van der Waals surface area contributed by atoms with Crippen molar-refractivity contribution >= 4 is 22.4 Å². The lowest BCUT2D eigenvalue weighted by atomic mass is 10.0. The van der Waals surface area contributed by atoms with E-state index in [1.165, 1.54) is 11.5 Å². The zero-order valence-corrected chi connectivity index (χ0v) is 12.0. The van der Waals surface area contributed by atoms with Crippen LogP contribution in [0.25, 0.3) is 0 Å². The normalized spacial score (nSPS) is 13.1. The minimum atomic E-state index is 0.346. The molecule has 0 radical (unpaired) electrons. The molecule has 0 aliphatic heterocycles. The van der Waals surface area contributed by atoms with E-state index in [4.69, 9.17) is 10.5 Å². The van der Waals surface area contributed by atoms with Gasteiger partial charge in [-0.05, 0) is 31.5 Å². The maximum absolute atomic E-state index is 5.73. The van der Waals surface area contributed by atoms with Crippen molar-refractivity contribution < 1.29 is 4.74 Å². The molecule has 0 aliphatic rings. The molecule has 0 fully saturated rings. The summed E-state index contributed by atoms with van der Waals surface area (Å²) in [6.07, 6.45) is 0. The number of nitrogen functional groups attached to an aromatic ring is 1. The summed E-state index contributed by atoms with van der Waals surface area (Å²) < 4.78 is 9.35. The lowest BCUT2D eigenvalue weighted by Gasteiger charge is -2.26. The van der Waals surface area contributed by atoms with E-state index in [1.807, 2.05) is 0 Å². The second-order valence-corrected chi connectivity index (χ2v) is 5.46. The highest BCUT2D eigenvalue weighted by Crippen LogP contribution is 2.35. The lowest BCUT2D eigenvalue weighted by molar-refractivity contribution is 0.344. The Hall–Kier alpha value is -1.01. The van der Waals surface area contributed by atoms with Crippen LogP contribution in [0, 0.1) is 5.92 Å². The van der Waals surface area contributed by atoms with Gasteiger partial charge in [-0.3, -0.25) is 0 Å². The molecule has 0 saturated carbocycles. The molecule has 1 unspecified atom stereocenters. The molecule has 17 heavy (non-hydrogen) atoms. The number of nitrogens with one attached hydrogen (secondary N) is 1. The number of nitrogens with zero attached hydrogens (tertiary/aromatic N) is 2. The van der Waals surface area contributed by atoms with Gasteiger partial charge in [-0.15, -0.1) is 0 Å². The molecule has 0 amide bonds. The fraction of sp³-hybridized carbons (Fsp3) is 0.727. The number of likely N-dealkylation sites (N-methyl/N-ethyl adjacent to an activating group) is 1. The van der Waals surface area contributed by atoms with Gasteiger partial charge in [-0.1, -0.05) is 13.8 Å². The van der Waals surface area contributed by atoms with E-state index in [1.54, 1.807) is 7.11 Å². The van der Waals surface area contributed by atoms with Gasteiger partial charge in [0.2, 0.25) is 0 Å². The molecule has 3 N–H and O–H groups in total. The molecule has 6 heteroatoms. The Balaban J connectivity index is 2.78. The van der Waals surface area contributed by atoms with Crippen molar-refractivity contribution in [3.63, 3.8) is 0 Å². The molecule has 1 aromatic rings. The van der Waals surface area contributed by atoms with Gasteiger partial charge in [0.1, 0.15) is 0 Å². The highest BCUT2D eigenvalue weighted by molar-refractivity contribution is 7.11. The second-order valence-electron chi connectivity index (χ2n) is 4.69. The van der Waals surface area contributed by atoms with Crippen molar-refractivity contribution in [3.8, 4) is 5.75 Å². The Morgan fingerprint density at radius 3 is 2.59 bits per heavy atom. The van der Waals surface area contributed by atoms with Crippen molar-refractivity contribution in [1.29, 1.82) is 0 Å². The molecule has 5 nitrogen and oxygen atoms in total. The van der Waals surface area contributed by atoms with Crippen LogP contribution in [0.5, 0.6) is 5.75 Å². The van der Waals surface area contributed by atoms with E-state index in [2.05, 4.69) is 42.5 Å². The van der Waals surface area contributed by atoms with Gasteiger partial charge in [-0.2, -0.15) is 4.37 Å². The van der Waals surface area contributed by atoms with Crippen LogP contribution in [-0.2, 0) is 0 Å². The molecular weight excluding hydrogens is 236 g/mol. The van der Waals surface area contributed by atoms with E-state index in [0.717, 1.165) is 11.5 Å². The van der Waals surface area contributed by atoms with Gasteiger partial charge in [0.05, 0.1) is 7.11 Å². The van der Waals surface area contributed by atoms with E-state index >= 15 is 0 Å². The average Bonchev–Trinajstić information content (AvgIpc) is 2.57. The Kier molecular flexibility index (Phi) is 5.02. The van der Waals surface area contributed by atoms with Crippen molar-refractivity contribution in [2.45, 2.75) is 19.9 Å². The second kappa shape index (κ2) is 6.07. The minimum Gasteiger partial charge on any atom is -0.490 e. The van der Waals surface area contributed by atoms with Crippen molar-refractivity contribution in [1.82, 2.24) is 9.27 Å². The van der Waals surface area contributed by atoms with Crippen molar-refractivity contribution in [2.24, 2.45) is 5.92 Å². The molecule has 1 atom stereocenters. The third kappa shape index (κ3) is 3.74.